The summed E-state index contributed by atoms with van der Waals surface area (Å²) < 4.78 is 1.69. The Morgan fingerprint density at radius 2 is 1.96 bits per heavy atom. The highest BCUT2D eigenvalue weighted by atomic mass is 16.1. The molecule has 4 rings (SSSR count). The zero-order valence-electron chi connectivity index (χ0n) is 16.6. The maximum Gasteiger partial charge on any atom is 0.253 e. The van der Waals surface area contributed by atoms with E-state index < -0.39 is 0 Å². The number of hydrogen-bond acceptors (Lipinski definition) is 3. The van der Waals surface area contributed by atoms with E-state index in [1.54, 1.807) is 4.68 Å². The van der Waals surface area contributed by atoms with Crippen LogP contribution < -0.4 is 10.9 Å². The van der Waals surface area contributed by atoms with Gasteiger partial charge in [0.2, 0.25) is 5.91 Å². The molecular weight excluding hydrogens is 352 g/mol. The van der Waals surface area contributed by atoms with Crippen LogP contribution in [0.15, 0.2) is 35.1 Å². The van der Waals surface area contributed by atoms with Gasteiger partial charge >= 0.3 is 0 Å². The molecule has 0 saturated heterocycles. The van der Waals surface area contributed by atoms with Crippen LogP contribution in [0.3, 0.4) is 0 Å². The summed E-state index contributed by atoms with van der Waals surface area (Å²) in [6.45, 7) is 4.53. The quantitative estimate of drug-likeness (QED) is 0.692. The number of rotatable bonds is 6. The van der Waals surface area contributed by atoms with Crippen molar-refractivity contribution >= 4 is 16.9 Å². The minimum absolute atomic E-state index is 0.0102. The lowest BCUT2D eigenvalue weighted by Crippen LogP contribution is -2.32. The lowest BCUT2D eigenvalue weighted by molar-refractivity contribution is -0.121. The molecule has 0 unspecified atom stereocenters. The predicted molar refractivity (Wildman–Crippen MR) is 109 cm³/mol. The van der Waals surface area contributed by atoms with E-state index >= 15 is 0 Å². The Morgan fingerprint density at radius 3 is 2.64 bits per heavy atom. The molecule has 28 heavy (non-hydrogen) atoms. The molecule has 2 aromatic heterocycles. The van der Waals surface area contributed by atoms with E-state index in [1.807, 2.05) is 39.1 Å². The van der Waals surface area contributed by atoms with Crippen LogP contribution in [0.2, 0.25) is 0 Å². The summed E-state index contributed by atoms with van der Waals surface area (Å²) >= 11 is 0. The minimum atomic E-state index is -0.135. The number of aromatic nitrogens is 3. The first-order valence-electron chi connectivity index (χ1n) is 9.78. The maximum absolute atomic E-state index is 12.5. The summed E-state index contributed by atoms with van der Waals surface area (Å²) in [5, 5.41) is 8.44. The highest BCUT2D eigenvalue weighted by molar-refractivity contribution is 5.83. The Morgan fingerprint density at radius 1 is 1.25 bits per heavy atom. The van der Waals surface area contributed by atoms with Gasteiger partial charge in [0.05, 0.1) is 5.69 Å². The molecule has 2 heterocycles. The van der Waals surface area contributed by atoms with Gasteiger partial charge in [0.25, 0.3) is 5.56 Å². The molecule has 0 atom stereocenters. The van der Waals surface area contributed by atoms with Gasteiger partial charge in [-0.1, -0.05) is 30.3 Å². The van der Waals surface area contributed by atoms with Crippen molar-refractivity contribution in [2.75, 3.05) is 6.54 Å². The van der Waals surface area contributed by atoms with Crippen molar-refractivity contribution in [3.63, 3.8) is 0 Å². The Hall–Kier alpha value is -2.89. The average molecular weight is 378 g/mol. The molecule has 6 nitrogen and oxygen atoms in total. The molecule has 6 heteroatoms. The largest absolute Gasteiger partial charge is 0.355 e. The van der Waals surface area contributed by atoms with E-state index in [0.717, 1.165) is 35.1 Å². The molecule has 2 N–H and O–H groups in total. The Labute approximate surface area is 164 Å². The predicted octanol–water partition coefficient (Wildman–Crippen LogP) is 2.66. The third-order valence-corrected chi connectivity index (χ3v) is 6.02. The number of pyridine rings is 1. The molecule has 0 aliphatic heterocycles. The molecule has 3 aromatic rings. The Kier molecular flexibility index (Phi) is 4.57. The van der Waals surface area contributed by atoms with E-state index in [4.69, 9.17) is 0 Å². The molecule has 1 aliphatic rings. The Bertz CT molecular complexity index is 1090. The van der Waals surface area contributed by atoms with Crippen LogP contribution in [0.25, 0.3) is 11.0 Å². The average Bonchev–Trinajstić information content (AvgIpc) is 3.41. The van der Waals surface area contributed by atoms with E-state index in [2.05, 4.69) is 27.5 Å². The second-order valence-electron chi connectivity index (χ2n) is 7.91. The van der Waals surface area contributed by atoms with Crippen molar-refractivity contribution in [1.29, 1.82) is 0 Å². The molecule has 1 aromatic carbocycles. The van der Waals surface area contributed by atoms with Gasteiger partial charge in [0.1, 0.15) is 5.65 Å². The van der Waals surface area contributed by atoms with Crippen molar-refractivity contribution in [2.45, 2.75) is 44.9 Å². The number of aromatic amines is 1. The van der Waals surface area contributed by atoms with E-state index in [0.29, 0.717) is 24.9 Å². The zero-order valence-corrected chi connectivity index (χ0v) is 16.6. The van der Waals surface area contributed by atoms with Crippen LogP contribution in [0.1, 0.15) is 41.6 Å². The molecule has 1 fully saturated rings. The smallest absolute Gasteiger partial charge is 0.253 e. The minimum Gasteiger partial charge on any atom is -0.355 e. The summed E-state index contributed by atoms with van der Waals surface area (Å²) in [5.41, 5.74) is 4.45. The van der Waals surface area contributed by atoms with Gasteiger partial charge in [0, 0.05) is 36.4 Å². The number of aryl methyl sites for hydroxylation is 3. The molecule has 146 valence electrons. The van der Waals surface area contributed by atoms with E-state index in [1.165, 1.54) is 5.56 Å². The van der Waals surface area contributed by atoms with Gasteiger partial charge in [-0.3, -0.25) is 14.3 Å². The third kappa shape index (κ3) is 3.23. The number of nitrogens with one attached hydrogen (secondary N) is 2. The van der Waals surface area contributed by atoms with Crippen LogP contribution in [0.5, 0.6) is 0 Å². The number of H-pyrrole nitrogens is 1. The first kappa shape index (κ1) is 18.5. The topological polar surface area (TPSA) is 79.8 Å². The normalized spacial score (nSPS) is 15.0. The molecule has 1 aliphatic carbocycles. The summed E-state index contributed by atoms with van der Waals surface area (Å²) in [7, 11) is 1.82. The Balaban J connectivity index is 1.43. The van der Waals surface area contributed by atoms with Crippen molar-refractivity contribution < 1.29 is 4.79 Å². The van der Waals surface area contributed by atoms with Gasteiger partial charge in [0.15, 0.2) is 0 Å². The van der Waals surface area contributed by atoms with Crippen LogP contribution >= 0.6 is 0 Å². The molecule has 0 radical (unpaired) electrons. The lowest BCUT2D eigenvalue weighted by Gasteiger charge is -2.16. The summed E-state index contributed by atoms with van der Waals surface area (Å²) in [6.07, 6.45) is 2.94. The van der Waals surface area contributed by atoms with Gasteiger partial charge in [-0.05, 0) is 44.2 Å². The second kappa shape index (κ2) is 6.93. The molecule has 1 amide bonds. The van der Waals surface area contributed by atoms with Crippen molar-refractivity contribution in [3.8, 4) is 0 Å². The summed E-state index contributed by atoms with van der Waals surface area (Å²) in [6, 6.07) is 10.4. The fourth-order valence-corrected chi connectivity index (χ4v) is 4.16. The van der Waals surface area contributed by atoms with Crippen LogP contribution in [0.4, 0.5) is 0 Å². The first-order valence-corrected chi connectivity index (χ1v) is 9.78. The van der Waals surface area contributed by atoms with Crippen molar-refractivity contribution in [1.82, 2.24) is 20.1 Å². The van der Waals surface area contributed by atoms with Gasteiger partial charge in [-0.15, -0.1) is 0 Å². The highest BCUT2D eigenvalue weighted by Gasteiger charge is 2.44. The van der Waals surface area contributed by atoms with Crippen LogP contribution in [-0.4, -0.2) is 27.2 Å². The molecule has 0 bridgehead atoms. The van der Waals surface area contributed by atoms with Gasteiger partial charge in [-0.2, -0.15) is 5.10 Å². The zero-order chi connectivity index (χ0) is 19.9. The van der Waals surface area contributed by atoms with Crippen LogP contribution in [0, 0.1) is 13.8 Å². The number of nitrogens with zero attached hydrogens (tertiary/aromatic N) is 2. The highest BCUT2D eigenvalue weighted by Crippen LogP contribution is 2.47. The SMILES string of the molecule is Cc1nn(C)c2[nH]c(=O)c(CCC(=O)NCC3(c4ccccc4)CC3)c(C)c12. The summed E-state index contributed by atoms with van der Waals surface area (Å²) in [5.74, 6) is -0.0102. The fourth-order valence-electron chi connectivity index (χ4n) is 4.16. The standard InChI is InChI=1S/C22H26N4O2/c1-14-17(21(28)24-20-19(14)15(2)25-26(20)3)9-10-18(27)23-13-22(11-12-22)16-7-5-4-6-8-16/h4-8H,9-13H2,1-3H3,(H,23,27)(H,24,28). The second-order valence-corrected chi connectivity index (χ2v) is 7.91. The first-order chi connectivity index (χ1) is 13.4. The van der Waals surface area contributed by atoms with Crippen molar-refractivity contribution in [3.05, 3.63) is 63.1 Å². The molecule has 0 spiro atoms. The fraction of sp³-hybridized carbons (Fsp3) is 0.409. The lowest BCUT2D eigenvalue weighted by atomic mass is 9.96. The molecule has 1 saturated carbocycles. The number of hydrogen-bond donors (Lipinski definition) is 2. The van der Waals surface area contributed by atoms with Gasteiger partial charge < -0.3 is 10.3 Å². The van der Waals surface area contributed by atoms with E-state index in [9.17, 15) is 9.59 Å². The monoisotopic (exact) mass is 378 g/mol. The number of carbonyl (C=O) groups is 1. The number of carbonyl (C=O) groups excluding carboxylic acids is 1. The van der Waals surface area contributed by atoms with E-state index in [-0.39, 0.29) is 16.9 Å². The van der Waals surface area contributed by atoms with Crippen LogP contribution in [-0.2, 0) is 23.7 Å². The maximum atomic E-state index is 12.5. The van der Waals surface area contributed by atoms with Gasteiger partial charge in [-0.25, -0.2) is 0 Å². The molecular formula is C22H26N4O2. The number of benzene rings is 1. The van der Waals surface area contributed by atoms with Crippen molar-refractivity contribution in [2.24, 2.45) is 7.05 Å². The third-order valence-electron chi connectivity index (χ3n) is 6.02. The summed E-state index contributed by atoms with van der Waals surface area (Å²) in [4.78, 5) is 27.9. The number of amides is 1. The number of fused-ring (bicyclic) bond motifs is 1.